The summed E-state index contributed by atoms with van der Waals surface area (Å²) in [5, 5.41) is 14.3. The minimum atomic E-state index is -0.468. The molecule has 0 radical (unpaired) electrons. The normalized spacial score (nSPS) is 15.3. The van der Waals surface area contributed by atoms with E-state index in [1.165, 1.54) is 18.3 Å². The van der Waals surface area contributed by atoms with E-state index in [1.807, 2.05) is 52.0 Å². The van der Waals surface area contributed by atoms with Crippen LogP contribution in [0, 0.1) is 30.5 Å². The van der Waals surface area contributed by atoms with Crippen LogP contribution in [0.15, 0.2) is 54.6 Å². The van der Waals surface area contributed by atoms with Crippen molar-refractivity contribution in [2.24, 2.45) is 5.41 Å². The molecule has 0 unspecified atom stereocenters. The minimum absolute atomic E-state index is 0.0366. The molecule has 3 aromatic carbocycles. The summed E-state index contributed by atoms with van der Waals surface area (Å²) in [7, 11) is 1.66. The van der Waals surface area contributed by atoms with Crippen LogP contribution < -0.4 is 20.1 Å². The van der Waals surface area contributed by atoms with Crippen molar-refractivity contribution in [3.63, 3.8) is 0 Å². The second kappa shape index (κ2) is 10.6. The molecule has 1 amide bonds. The van der Waals surface area contributed by atoms with Crippen molar-refractivity contribution in [3.8, 4) is 11.5 Å². The predicted octanol–water partition coefficient (Wildman–Crippen LogP) is 6.62. The monoisotopic (exact) mass is 503 g/mol. The van der Waals surface area contributed by atoms with E-state index >= 15 is 0 Å². The first-order valence-corrected chi connectivity index (χ1v) is 12.4. The fourth-order valence-electron chi connectivity index (χ4n) is 4.48. The number of methoxy groups -OCH3 is 1. The van der Waals surface area contributed by atoms with E-state index in [2.05, 4.69) is 10.6 Å². The van der Waals surface area contributed by atoms with Crippen LogP contribution in [0.5, 0.6) is 11.5 Å². The van der Waals surface area contributed by atoms with E-state index in [4.69, 9.17) is 14.9 Å². The zero-order valence-electron chi connectivity index (χ0n) is 21.9. The Labute approximate surface area is 217 Å². The van der Waals surface area contributed by atoms with Crippen molar-refractivity contribution in [1.82, 2.24) is 5.32 Å². The van der Waals surface area contributed by atoms with E-state index in [-0.39, 0.29) is 23.2 Å². The van der Waals surface area contributed by atoms with Crippen LogP contribution in [0.2, 0.25) is 0 Å². The van der Waals surface area contributed by atoms with Gasteiger partial charge in [-0.3, -0.25) is 4.79 Å². The molecular formula is C30H34FN3O3. The van der Waals surface area contributed by atoms with Gasteiger partial charge in [0.1, 0.15) is 23.4 Å². The van der Waals surface area contributed by atoms with Gasteiger partial charge in [0.25, 0.3) is 0 Å². The largest absolute Gasteiger partial charge is 0.496 e. The Morgan fingerprint density at radius 3 is 2.30 bits per heavy atom. The van der Waals surface area contributed by atoms with Gasteiger partial charge in [0.05, 0.1) is 13.2 Å². The molecule has 1 fully saturated rings. The first kappa shape index (κ1) is 26.2. The molecule has 0 heterocycles. The van der Waals surface area contributed by atoms with Crippen LogP contribution in [0.25, 0.3) is 0 Å². The quantitative estimate of drug-likeness (QED) is 0.272. The van der Waals surface area contributed by atoms with Gasteiger partial charge >= 0.3 is 0 Å². The third-order valence-electron chi connectivity index (χ3n) is 6.94. The van der Waals surface area contributed by atoms with E-state index < -0.39 is 6.10 Å². The Balaban J connectivity index is 1.63. The first-order chi connectivity index (χ1) is 17.6. The van der Waals surface area contributed by atoms with Crippen molar-refractivity contribution in [3.05, 3.63) is 82.7 Å². The molecule has 194 valence electrons. The van der Waals surface area contributed by atoms with Gasteiger partial charge < -0.3 is 25.5 Å². The van der Waals surface area contributed by atoms with Crippen LogP contribution in [0.1, 0.15) is 55.0 Å². The van der Waals surface area contributed by atoms with Crippen molar-refractivity contribution < 1.29 is 18.7 Å². The Kier molecular flexibility index (Phi) is 7.52. The Hall–Kier alpha value is -3.87. The number of hydrogen-bond acceptors (Lipinski definition) is 5. The third kappa shape index (κ3) is 5.93. The smallest absolute Gasteiger partial charge is 0.226 e. The summed E-state index contributed by atoms with van der Waals surface area (Å²) in [6.07, 6.45) is 2.56. The van der Waals surface area contributed by atoms with Gasteiger partial charge in [-0.15, -0.1) is 0 Å². The van der Waals surface area contributed by atoms with Crippen LogP contribution in [-0.2, 0) is 4.79 Å². The van der Waals surface area contributed by atoms with Gasteiger partial charge in [-0.2, -0.15) is 0 Å². The summed E-state index contributed by atoms with van der Waals surface area (Å²) in [6, 6.07) is 15.2. The SMILES string of the molecule is COc1c(C)cc([C@@H](Oc2ccc(Nc3ccc(F)cc3)c(C=N)c2)[C@H](C)NC(=O)C2(C)CC2)cc1C. The third-order valence-corrected chi connectivity index (χ3v) is 6.94. The standard InChI is InChI=1S/C30H34FN3O3/c1-18-14-21(15-19(2)27(18)36-5)28(20(3)33-29(35)30(4)12-13-30)37-25-10-11-26(22(16-25)17-32)34-24-8-6-23(31)7-9-24/h6-11,14-17,20,28,32,34H,12-13H2,1-5H3,(H,33,35)/t20-,28-/m0/s1. The summed E-state index contributed by atoms with van der Waals surface area (Å²) >= 11 is 0. The maximum absolute atomic E-state index is 13.3. The molecular weight excluding hydrogens is 469 g/mol. The molecule has 3 N–H and O–H groups in total. The highest BCUT2D eigenvalue weighted by Gasteiger charge is 2.45. The zero-order valence-corrected chi connectivity index (χ0v) is 21.9. The number of halogens is 1. The molecule has 0 saturated heterocycles. The van der Waals surface area contributed by atoms with Crippen molar-refractivity contribution in [2.45, 2.75) is 52.7 Å². The highest BCUT2D eigenvalue weighted by molar-refractivity contribution is 5.88. The number of hydrogen-bond donors (Lipinski definition) is 3. The molecule has 0 bridgehead atoms. The Morgan fingerprint density at radius 1 is 1.08 bits per heavy atom. The first-order valence-electron chi connectivity index (χ1n) is 12.4. The van der Waals surface area contributed by atoms with Gasteiger partial charge in [0, 0.05) is 28.6 Å². The summed E-state index contributed by atoms with van der Waals surface area (Å²) in [6.45, 7) is 7.91. The molecule has 3 aromatic rings. The zero-order chi connectivity index (χ0) is 26.7. The molecule has 1 saturated carbocycles. The Morgan fingerprint density at radius 2 is 1.73 bits per heavy atom. The average Bonchev–Trinajstić information content (AvgIpc) is 3.63. The fraction of sp³-hybridized carbons (Fsp3) is 0.333. The lowest BCUT2D eigenvalue weighted by atomic mass is 9.97. The number of anilines is 2. The fourth-order valence-corrected chi connectivity index (χ4v) is 4.48. The maximum atomic E-state index is 13.3. The highest BCUT2D eigenvalue weighted by atomic mass is 19.1. The maximum Gasteiger partial charge on any atom is 0.226 e. The van der Waals surface area contributed by atoms with Crippen molar-refractivity contribution in [2.75, 3.05) is 12.4 Å². The van der Waals surface area contributed by atoms with Gasteiger partial charge in [0.15, 0.2) is 0 Å². The molecule has 1 aliphatic carbocycles. The van der Waals surface area contributed by atoms with Crippen LogP contribution in [0.3, 0.4) is 0 Å². The van der Waals surface area contributed by atoms with Crippen LogP contribution >= 0.6 is 0 Å². The Bertz CT molecular complexity index is 1280. The highest BCUT2D eigenvalue weighted by Crippen LogP contribution is 2.45. The topological polar surface area (TPSA) is 83.4 Å². The van der Waals surface area contributed by atoms with E-state index in [0.29, 0.717) is 22.7 Å². The van der Waals surface area contributed by atoms with Crippen molar-refractivity contribution in [1.29, 1.82) is 5.41 Å². The molecule has 4 rings (SSSR count). The second-order valence-electron chi connectivity index (χ2n) is 10.1. The molecule has 0 aliphatic heterocycles. The molecule has 37 heavy (non-hydrogen) atoms. The number of aryl methyl sites for hydroxylation is 2. The molecule has 0 spiro atoms. The number of carbonyl (C=O) groups excluding carboxylic acids is 1. The average molecular weight is 504 g/mol. The summed E-state index contributed by atoms with van der Waals surface area (Å²) in [5.41, 5.74) is 4.62. The van der Waals surface area contributed by atoms with E-state index in [9.17, 15) is 9.18 Å². The molecule has 0 aromatic heterocycles. The van der Waals surface area contributed by atoms with E-state index in [0.717, 1.165) is 35.3 Å². The summed E-state index contributed by atoms with van der Waals surface area (Å²) < 4.78 is 25.3. The number of rotatable bonds is 10. The second-order valence-corrected chi connectivity index (χ2v) is 10.1. The number of amides is 1. The minimum Gasteiger partial charge on any atom is -0.496 e. The number of ether oxygens (including phenoxy) is 2. The number of benzene rings is 3. The molecule has 2 atom stereocenters. The lowest BCUT2D eigenvalue weighted by molar-refractivity contribution is -0.127. The summed E-state index contributed by atoms with van der Waals surface area (Å²) in [5.74, 6) is 1.12. The number of nitrogens with one attached hydrogen (secondary N) is 3. The van der Waals surface area contributed by atoms with Gasteiger partial charge in [0.2, 0.25) is 5.91 Å². The van der Waals surface area contributed by atoms with Crippen LogP contribution in [0.4, 0.5) is 15.8 Å². The summed E-state index contributed by atoms with van der Waals surface area (Å²) in [4.78, 5) is 12.9. The number of carbonyl (C=O) groups is 1. The molecule has 6 nitrogen and oxygen atoms in total. The molecule has 1 aliphatic rings. The van der Waals surface area contributed by atoms with Crippen LogP contribution in [-0.4, -0.2) is 25.3 Å². The lowest BCUT2D eigenvalue weighted by Gasteiger charge is -2.29. The molecule has 7 heteroatoms. The van der Waals surface area contributed by atoms with Gasteiger partial charge in [-0.05, 0) is 105 Å². The van der Waals surface area contributed by atoms with E-state index in [1.54, 1.807) is 25.3 Å². The lowest BCUT2D eigenvalue weighted by Crippen LogP contribution is -2.42. The predicted molar refractivity (Wildman–Crippen MR) is 145 cm³/mol. The van der Waals surface area contributed by atoms with Gasteiger partial charge in [-0.1, -0.05) is 6.92 Å². The van der Waals surface area contributed by atoms with Crippen molar-refractivity contribution >= 4 is 23.5 Å². The van der Waals surface area contributed by atoms with Gasteiger partial charge in [-0.25, -0.2) is 4.39 Å².